The Morgan fingerprint density at radius 2 is 1.93 bits per heavy atom. The van der Waals surface area contributed by atoms with Gasteiger partial charge in [-0.3, -0.25) is 4.79 Å². The van der Waals surface area contributed by atoms with Crippen LogP contribution in [0.1, 0.15) is 40.4 Å². The Morgan fingerprint density at radius 3 is 2.70 bits per heavy atom. The first kappa shape index (κ1) is 18.8. The topological polar surface area (TPSA) is 73.9 Å². The number of aryl methyl sites for hydroxylation is 1. The van der Waals surface area contributed by atoms with Crippen LogP contribution < -0.4 is 14.8 Å². The van der Waals surface area contributed by atoms with E-state index in [0.717, 1.165) is 24.8 Å². The summed E-state index contributed by atoms with van der Waals surface area (Å²) >= 11 is 0. The van der Waals surface area contributed by atoms with E-state index < -0.39 is 5.97 Å². The Hall–Kier alpha value is -3.02. The van der Waals surface area contributed by atoms with Gasteiger partial charge in [-0.1, -0.05) is 24.3 Å². The van der Waals surface area contributed by atoms with Crippen molar-refractivity contribution in [3.8, 4) is 11.5 Å². The summed E-state index contributed by atoms with van der Waals surface area (Å²) in [5.74, 6) is -0.0923. The summed E-state index contributed by atoms with van der Waals surface area (Å²) in [6.07, 6.45) is 2.91. The lowest BCUT2D eigenvalue weighted by atomic mass is 9.88. The molecule has 0 heterocycles. The molecule has 0 saturated heterocycles. The normalized spacial score (nSPS) is 15.4. The first-order valence-electron chi connectivity index (χ1n) is 8.88. The van der Waals surface area contributed by atoms with E-state index in [9.17, 15) is 9.59 Å². The van der Waals surface area contributed by atoms with Gasteiger partial charge < -0.3 is 19.5 Å². The number of nitrogens with one attached hydrogen (secondary N) is 1. The minimum Gasteiger partial charge on any atom is -0.497 e. The monoisotopic (exact) mass is 369 g/mol. The van der Waals surface area contributed by atoms with Crippen molar-refractivity contribution in [2.75, 3.05) is 20.8 Å². The van der Waals surface area contributed by atoms with Crippen LogP contribution in [-0.4, -0.2) is 32.7 Å². The fourth-order valence-electron chi connectivity index (χ4n) is 3.32. The van der Waals surface area contributed by atoms with Crippen LogP contribution in [0.3, 0.4) is 0 Å². The number of benzene rings is 2. The molecule has 0 radical (unpaired) electrons. The van der Waals surface area contributed by atoms with Crippen molar-refractivity contribution < 1.29 is 23.8 Å². The van der Waals surface area contributed by atoms with E-state index >= 15 is 0 Å². The SMILES string of the molecule is COc1ccc(OC)c(C(=O)OCC(=O)N[C@H]2CCCc3ccccc32)c1. The molecule has 27 heavy (non-hydrogen) atoms. The molecule has 1 atom stereocenters. The average molecular weight is 369 g/mol. The maximum absolute atomic E-state index is 12.3. The van der Waals surface area contributed by atoms with Crippen LogP contribution in [0.15, 0.2) is 42.5 Å². The Labute approximate surface area is 158 Å². The lowest BCUT2D eigenvalue weighted by molar-refractivity contribution is -0.125. The lowest BCUT2D eigenvalue weighted by Crippen LogP contribution is -2.34. The van der Waals surface area contributed by atoms with Gasteiger partial charge >= 0.3 is 5.97 Å². The van der Waals surface area contributed by atoms with Gasteiger partial charge in [-0.2, -0.15) is 0 Å². The Kier molecular flexibility index (Phi) is 5.96. The highest BCUT2D eigenvalue weighted by Crippen LogP contribution is 2.29. The van der Waals surface area contributed by atoms with Gasteiger partial charge in [-0.25, -0.2) is 4.79 Å². The van der Waals surface area contributed by atoms with Crippen LogP contribution in [0, 0.1) is 0 Å². The summed E-state index contributed by atoms with van der Waals surface area (Å²) in [4.78, 5) is 24.6. The minimum atomic E-state index is -0.634. The molecule has 1 amide bonds. The van der Waals surface area contributed by atoms with Gasteiger partial charge in [0, 0.05) is 0 Å². The number of carbonyl (C=O) groups excluding carboxylic acids is 2. The number of hydrogen-bond donors (Lipinski definition) is 1. The summed E-state index contributed by atoms with van der Waals surface area (Å²) in [6.45, 7) is -0.349. The molecule has 0 unspecified atom stereocenters. The molecule has 0 saturated carbocycles. The molecule has 0 aromatic heterocycles. The molecule has 2 aromatic carbocycles. The number of methoxy groups -OCH3 is 2. The molecule has 0 bridgehead atoms. The number of ether oxygens (including phenoxy) is 3. The second-order valence-electron chi connectivity index (χ2n) is 6.35. The van der Waals surface area contributed by atoms with Crippen molar-refractivity contribution in [3.63, 3.8) is 0 Å². The van der Waals surface area contributed by atoms with E-state index in [1.54, 1.807) is 12.1 Å². The fourth-order valence-corrected chi connectivity index (χ4v) is 3.32. The molecule has 6 nitrogen and oxygen atoms in total. The summed E-state index contributed by atoms with van der Waals surface area (Å²) < 4.78 is 15.5. The lowest BCUT2D eigenvalue weighted by Gasteiger charge is -2.26. The first-order chi connectivity index (χ1) is 13.1. The van der Waals surface area contributed by atoms with Gasteiger partial charge in [0.15, 0.2) is 6.61 Å². The third-order valence-electron chi connectivity index (χ3n) is 4.67. The Bertz CT molecular complexity index is 833. The quantitative estimate of drug-likeness (QED) is 0.792. The van der Waals surface area contributed by atoms with Crippen LogP contribution >= 0.6 is 0 Å². The standard InChI is InChI=1S/C21H23NO5/c1-25-15-10-11-19(26-2)17(12-15)21(24)27-13-20(23)22-18-9-5-7-14-6-3-4-8-16(14)18/h3-4,6,8,10-12,18H,5,7,9,13H2,1-2H3,(H,22,23)/t18-/m0/s1. The van der Waals surface area contributed by atoms with Crippen molar-refractivity contribution in [2.45, 2.75) is 25.3 Å². The predicted molar refractivity (Wildman–Crippen MR) is 100 cm³/mol. The van der Waals surface area contributed by atoms with Crippen molar-refractivity contribution in [3.05, 3.63) is 59.2 Å². The van der Waals surface area contributed by atoms with Crippen LogP contribution in [0.2, 0.25) is 0 Å². The number of carbonyl (C=O) groups is 2. The van der Waals surface area contributed by atoms with Crippen LogP contribution in [0.25, 0.3) is 0 Å². The summed E-state index contributed by atoms with van der Waals surface area (Å²) in [5, 5.41) is 2.96. The summed E-state index contributed by atoms with van der Waals surface area (Å²) in [7, 11) is 2.97. The van der Waals surface area contributed by atoms with Crippen LogP contribution in [-0.2, 0) is 16.0 Å². The van der Waals surface area contributed by atoms with E-state index in [1.165, 1.54) is 25.8 Å². The van der Waals surface area contributed by atoms with E-state index in [1.807, 2.05) is 18.2 Å². The Balaban J connectivity index is 1.61. The van der Waals surface area contributed by atoms with Crippen LogP contribution in [0.5, 0.6) is 11.5 Å². The largest absolute Gasteiger partial charge is 0.497 e. The molecule has 1 aliphatic rings. The third-order valence-corrected chi connectivity index (χ3v) is 4.67. The van der Waals surface area contributed by atoms with E-state index in [4.69, 9.17) is 14.2 Å². The Morgan fingerprint density at radius 1 is 1.11 bits per heavy atom. The first-order valence-corrected chi connectivity index (χ1v) is 8.88. The maximum Gasteiger partial charge on any atom is 0.342 e. The zero-order valence-corrected chi connectivity index (χ0v) is 15.5. The summed E-state index contributed by atoms with van der Waals surface area (Å²) in [5.41, 5.74) is 2.61. The molecule has 6 heteroatoms. The van der Waals surface area contributed by atoms with Gasteiger partial charge in [0.25, 0.3) is 5.91 Å². The highest BCUT2D eigenvalue weighted by molar-refractivity contribution is 5.94. The van der Waals surface area contributed by atoms with E-state index in [0.29, 0.717) is 11.5 Å². The molecule has 1 aliphatic carbocycles. The van der Waals surface area contributed by atoms with Gasteiger partial charge in [-0.05, 0) is 48.6 Å². The smallest absolute Gasteiger partial charge is 0.342 e. The third kappa shape index (κ3) is 4.39. The molecule has 1 N–H and O–H groups in total. The number of esters is 1. The number of fused-ring (bicyclic) bond motifs is 1. The maximum atomic E-state index is 12.3. The highest BCUT2D eigenvalue weighted by Gasteiger charge is 2.22. The van der Waals surface area contributed by atoms with Gasteiger partial charge in [0.1, 0.15) is 17.1 Å². The molecule has 0 spiro atoms. The predicted octanol–water partition coefficient (Wildman–Crippen LogP) is 3.05. The zero-order valence-electron chi connectivity index (χ0n) is 15.5. The number of amides is 1. The van der Waals surface area contributed by atoms with Crippen molar-refractivity contribution in [1.82, 2.24) is 5.32 Å². The number of hydrogen-bond acceptors (Lipinski definition) is 5. The van der Waals surface area contributed by atoms with Gasteiger partial charge in [0.2, 0.25) is 0 Å². The van der Waals surface area contributed by atoms with Crippen molar-refractivity contribution in [1.29, 1.82) is 0 Å². The van der Waals surface area contributed by atoms with E-state index in [2.05, 4.69) is 11.4 Å². The highest BCUT2D eigenvalue weighted by atomic mass is 16.5. The van der Waals surface area contributed by atoms with Crippen molar-refractivity contribution in [2.24, 2.45) is 0 Å². The molecular formula is C21H23NO5. The number of rotatable bonds is 6. The zero-order chi connectivity index (χ0) is 19.2. The fraction of sp³-hybridized carbons (Fsp3) is 0.333. The van der Waals surface area contributed by atoms with Crippen LogP contribution in [0.4, 0.5) is 0 Å². The van der Waals surface area contributed by atoms with Gasteiger partial charge in [-0.15, -0.1) is 0 Å². The molecule has 0 aliphatic heterocycles. The second-order valence-corrected chi connectivity index (χ2v) is 6.35. The average Bonchev–Trinajstić information content (AvgIpc) is 2.71. The molecular weight excluding hydrogens is 346 g/mol. The molecule has 0 fully saturated rings. The second kappa shape index (κ2) is 8.58. The summed E-state index contributed by atoms with van der Waals surface area (Å²) in [6, 6.07) is 12.9. The van der Waals surface area contributed by atoms with Crippen molar-refractivity contribution >= 4 is 11.9 Å². The molecule has 3 rings (SSSR count). The van der Waals surface area contributed by atoms with Gasteiger partial charge in [0.05, 0.1) is 20.3 Å². The molecule has 2 aromatic rings. The molecule has 142 valence electrons. The van der Waals surface area contributed by atoms with E-state index in [-0.39, 0.29) is 24.1 Å². The minimum absolute atomic E-state index is 0.0486.